The lowest BCUT2D eigenvalue weighted by Crippen LogP contribution is -2.16. The minimum absolute atomic E-state index is 0.338. The zero-order valence-corrected chi connectivity index (χ0v) is 7.71. The molecule has 0 bridgehead atoms. The smallest absolute Gasteiger partial charge is 0.286 e. The van der Waals surface area contributed by atoms with Crippen molar-refractivity contribution in [2.24, 2.45) is 0 Å². The van der Waals surface area contributed by atoms with E-state index in [0.29, 0.717) is 15.6 Å². The highest BCUT2D eigenvalue weighted by Crippen LogP contribution is 2.22. The highest BCUT2D eigenvalue weighted by Gasteiger charge is 2.11. The molecule has 2 aromatic rings. The van der Waals surface area contributed by atoms with Crippen molar-refractivity contribution in [3.05, 3.63) is 23.6 Å². The van der Waals surface area contributed by atoms with Crippen molar-refractivity contribution in [2.75, 3.05) is 0 Å². The molecule has 0 radical (unpaired) electrons. The summed E-state index contributed by atoms with van der Waals surface area (Å²) in [5.74, 6) is -0.565. The lowest BCUT2D eigenvalue weighted by atomic mass is 10.5. The molecule has 72 valence electrons. The van der Waals surface area contributed by atoms with Crippen LogP contribution in [0.15, 0.2) is 18.7 Å². The van der Waals surface area contributed by atoms with Crippen molar-refractivity contribution in [1.29, 1.82) is 0 Å². The maximum Gasteiger partial charge on any atom is 0.286 e. The molecular weight excluding hydrogens is 204 g/mol. The lowest BCUT2D eigenvalue weighted by molar-refractivity contribution is 0.0711. The maximum atomic E-state index is 11.0. The van der Waals surface area contributed by atoms with Crippen LogP contribution >= 0.6 is 11.3 Å². The maximum absolute atomic E-state index is 11.0. The fraction of sp³-hybridized carbons (Fsp3) is 0. The first-order valence-electron chi connectivity index (χ1n) is 3.70. The Morgan fingerprint density at radius 2 is 2.43 bits per heavy atom. The summed E-state index contributed by atoms with van der Waals surface area (Å²) in [6.45, 7) is 0. The Labute approximate surface area is 82.6 Å². The molecule has 0 saturated carbocycles. The number of carbonyl (C=O) groups is 1. The van der Waals surface area contributed by atoms with Gasteiger partial charge in [0, 0.05) is 6.20 Å². The summed E-state index contributed by atoms with van der Waals surface area (Å²) in [5.41, 5.74) is 2.22. The highest BCUT2D eigenvalue weighted by atomic mass is 32.1. The Hall–Kier alpha value is -1.73. The van der Waals surface area contributed by atoms with Crippen molar-refractivity contribution in [3.8, 4) is 10.7 Å². The molecule has 0 unspecified atom stereocenters. The summed E-state index contributed by atoms with van der Waals surface area (Å²) in [5, 5.41) is 9.02. The minimum Gasteiger partial charge on any atom is -0.350 e. The van der Waals surface area contributed by atoms with Gasteiger partial charge in [0.15, 0.2) is 0 Å². The monoisotopic (exact) mass is 210 g/mol. The number of aromatic nitrogens is 3. The van der Waals surface area contributed by atoms with Gasteiger partial charge in [-0.2, -0.15) is 0 Å². The molecule has 0 saturated heterocycles. The van der Waals surface area contributed by atoms with Crippen LogP contribution in [0.25, 0.3) is 10.7 Å². The number of nitrogens with zero attached hydrogens (tertiary/aromatic N) is 2. The third-order valence-corrected chi connectivity index (χ3v) is 2.57. The largest absolute Gasteiger partial charge is 0.350 e. The second-order valence-corrected chi connectivity index (χ2v) is 3.46. The Morgan fingerprint density at radius 3 is 3.07 bits per heavy atom. The van der Waals surface area contributed by atoms with E-state index in [2.05, 4.69) is 15.0 Å². The van der Waals surface area contributed by atoms with E-state index in [4.69, 9.17) is 5.21 Å². The Kier molecular flexibility index (Phi) is 2.25. The lowest BCUT2D eigenvalue weighted by Gasteiger charge is -1.89. The van der Waals surface area contributed by atoms with Crippen LogP contribution in [0.4, 0.5) is 0 Å². The van der Waals surface area contributed by atoms with Gasteiger partial charge in [0.1, 0.15) is 15.6 Å². The summed E-state index contributed by atoms with van der Waals surface area (Å²) in [7, 11) is 0. The van der Waals surface area contributed by atoms with Crippen molar-refractivity contribution >= 4 is 17.2 Å². The van der Waals surface area contributed by atoms with Gasteiger partial charge in [-0.25, -0.2) is 15.4 Å². The number of hydroxylamine groups is 1. The number of imidazole rings is 1. The number of H-pyrrole nitrogens is 1. The van der Waals surface area contributed by atoms with Crippen LogP contribution in [0, 0.1) is 0 Å². The molecule has 0 aliphatic heterocycles. The van der Waals surface area contributed by atoms with Crippen molar-refractivity contribution < 1.29 is 10.0 Å². The van der Waals surface area contributed by atoms with Gasteiger partial charge in [0.2, 0.25) is 0 Å². The van der Waals surface area contributed by atoms with Gasteiger partial charge in [-0.3, -0.25) is 10.0 Å². The molecule has 0 spiro atoms. The number of thiazole rings is 1. The summed E-state index contributed by atoms with van der Waals surface area (Å²) < 4.78 is 0. The molecular formula is C7H6N4O2S. The first-order chi connectivity index (χ1) is 6.81. The number of hydrogen-bond acceptors (Lipinski definition) is 5. The molecule has 0 aromatic carbocycles. The fourth-order valence-electron chi connectivity index (χ4n) is 0.930. The van der Waals surface area contributed by atoms with Crippen LogP contribution in [0.5, 0.6) is 0 Å². The molecule has 2 aromatic heterocycles. The van der Waals surface area contributed by atoms with E-state index < -0.39 is 5.91 Å². The zero-order valence-electron chi connectivity index (χ0n) is 6.89. The average molecular weight is 210 g/mol. The predicted molar refractivity (Wildman–Crippen MR) is 48.9 cm³/mol. The number of rotatable bonds is 2. The number of amides is 1. The van der Waals surface area contributed by atoms with Crippen molar-refractivity contribution in [3.63, 3.8) is 0 Å². The standard InChI is InChI=1S/C7H6N4O2S/c12-6(11-13)5-2-9-7(14-5)4-1-8-3-10-4/h1-3,13H,(H,8,10)(H,11,12). The number of nitrogens with one attached hydrogen (secondary N) is 2. The van der Waals surface area contributed by atoms with E-state index in [-0.39, 0.29) is 0 Å². The predicted octanol–water partition coefficient (Wildman–Crippen LogP) is 0.652. The second kappa shape index (κ2) is 3.56. The van der Waals surface area contributed by atoms with Crippen LogP contribution in [0.2, 0.25) is 0 Å². The summed E-state index contributed by atoms with van der Waals surface area (Å²) in [4.78, 5) is 22.1. The average Bonchev–Trinajstić information content (AvgIpc) is 2.86. The van der Waals surface area contributed by atoms with Crippen molar-refractivity contribution in [1.82, 2.24) is 20.4 Å². The quantitative estimate of drug-likeness (QED) is 0.501. The van der Waals surface area contributed by atoms with E-state index in [1.165, 1.54) is 12.5 Å². The first kappa shape index (κ1) is 8.85. The molecule has 1 amide bonds. The van der Waals surface area contributed by atoms with E-state index >= 15 is 0 Å². The number of carbonyl (C=O) groups excluding carboxylic acids is 1. The normalized spacial score (nSPS) is 10.1. The minimum atomic E-state index is -0.565. The van der Waals surface area contributed by atoms with Gasteiger partial charge in [-0.15, -0.1) is 11.3 Å². The molecule has 0 fully saturated rings. The molecule has 2 rings (SSSR count). The molecule has 2 heterocycles. The SMILES string of the molecule is O=C(NO)c1cnc(-c2c[nH]cn2)s1. The van der Waals surface area contributed by atoms with Gasteiger partial charge >= 0.3 is 0 Å². The molecule has 0 atom stereocenters. The van der Waals surface area contributed by atoms with E-state index in [0.717, 1.165) is 11.3 Å². The third-order valence-electron chi connectivity index (χ3n) is 1.55. The molecule has 7 heteroatoms. The van der Waals surface area contributed by atoms with Gasteiger partial charge < -0.3 is 4.98 Å². The summed E-state index contributed by atoms with van der Waals surface area (Å²) >= 11 is 1.16. The highest BCUT2D eigenvalue weighted by molar-refractivity contribution is 7.16. The summed E-state index contributed by atoms with van der Waals surface area (Å²) in [6, 6.07) is 0. The van der Waals surface area contributed by atoms with Crippen LogP contribution in [-0.2, 0) is 0 Å². The van der Waals surface area contributed by atoms with E-state index in [1.54, 1.807) is 11.7 Å². The van der Waals surface area contributed by atoms with Crippen LogP contribution < -0.4 is 5.48 Å². The van der Waals surface area contributed by atoms with E-state index in [1.807, 2.05) is 0 Å². The molecule has 0 aliphatic rings. The number of hydrogen-bond donors (Lipinski definition) is 3. The summed E-state index contributed by atoms with van der Waals surface area (Å²) in [6.07, 6.45) is 4.60. The van der Waals surface area contributed by atoms with E-state index in [9.17, 15) is 4.79 Å². The van der Waals surface area contributed by atoms with Crippen LogP contribution in [0.1, 0.15) is 9.67 Å². The van der Waals surface area contributed by atoms with Crippen LogP contribution in [0.3, 0.4) is 0 Å². The van der Waals surface area contributed by atoms with Gasteiger partial charge in [0.25, 0.3) is 5.91 Å². The Bertz CT molecular complexity index is 436. The first-order valence-corrected chi connectivity index (χ1v) is 4.52. The van der Waals surface area contributed by atoms with Gasteiger partial charge in [-0.05, 0) is 0 Å². The molecule has 0 aliphatic carbocycles. The molecule has 14 heavy (non-hydrogen) atoms. The van der Waals surface area contributed by atoms with Crippen LogP contribution in [-0.4, -0.2) is 26.1 Å². The van der Waals surface area contributed by atoms with Crippen molar-refractivity contribution in [2.45, 2.75) is 0 Å². The number of aromatic amines is 1. The zero-order chi connectivity index (χ0) is 9.97. The molecule has 6 nitrogen and oxygen atoms in total. The second-order valence-electron chi connectivity index (χ2n) is 2.43. The fourth-order valence-corrected chi connectivity index (χ4v) is 1.70. The topological polar surface area (TPSA) is 90.9 Å². The Balaban J connectivity index is 2.31. The third kappa shape index (κ3) is 1.50. The van der Waals surface area contributed by atoms with Gasteiger partial charge in [-0.1, -0.05) is 0 Å². The van der Waals surface area contributed by atoms with Gasteiger partial charge in [0.05, 0.1) is 12.5 Å². The molecule has 3 N–H and O–H groups in total. The Morgan fingerprint density at radius 1 is 1.57 bits per heavy atom.